The summed E-state index contributed by atoms with van der Waals surface area (Å²) in [6, 6.07) is 7.90. The van der Waals surface area contributed by atoms with E-state index in [0.29, 0.717) is 6.61 Å². The second-order valence-corrected chi connectivity index (χ2v) is 5.36. The molecule has 0 saturated heterocycles. The van der Waals surface area contributed by atoms with Crippen LogP contribution in [0, 0.1) is 5.41 Å². The zero-order chi connectivity index (χ0) is 15.0. The number of anilines is 1. The normalized spacial score (nSPS) is 12.2. The quantitative estimate of drug-likeness (QED) is 0.225. The second-order valence-electron chi connectivity index (χ2n) is 5.36. The van der Waals surface area contributed by atoms with Crippen molar-refractivity contribution in [2.45, 2.75) is 33.6 Å². The molecule has 0 aliphatic heterocycles. The Morgan fingerprint density at radius 1 is 1.45 bits per heavy atom. The monoisotopic (exact) mass is 279 g/mol. The predicted octanol–water partition coefficient (Wildman–Crippen LogP) is 3.05. The molecule has 0 unspecified atom stereocenters. The molecule has 1 rings (SSSR count). The van der Waals surface area contributed by atoms with Crippen molar-refractivity contribution in [2.24, 2.45) is 16.3 Å². The van der Waals surface area contributed by atoms with Crippen LogP contribution >= 0.6 is 0 Å². The molecule has 0 heterocycles. The molecule has 0 atom stereocenters. The van der Waals surface area contributed by atoms with E-state index < -0.39 is 0 Å². The van der Waals surface area contributed by atoms with Crippen LogP contribution in [0.4, 0.5) is 5.69 Å². The number of nitrogens with zero attached hydrogens (tertiary/aromatic N) is 1. The van der Waals surface area contributed by atoms with Crippen LogP contribution in [0.15, 0.2) is 29.4 Å². The Hall–Kier alpha value is -1.91. The maximum Gasteiger partial charge on any atom is 0.144 e. The van der Waals surface area contributed by atoms with E-state index in [-0.39, 0.29) is 11.3 Å². The summed E-state index contributed by atoms with van der Waals surface area (Å²) in [7, 11) is 0. The Labute approximate surface area is 120 Å². The lowest BCUT2D eigenvalue weighted by Gasteiger charge is -2.22. The molecule has 0 amide bonds. The number of hydrogen-bond donors (Lipinski definition) is 3. The summed E-state index contributed by atoms with van der Waals surface area (Å²) in [6.07, 6.45) is 1.78. The van der Waals surface area contributed by atoms with Crippen LogP contribution in [0.2, 0.25) is 0 Å². The van der Waals surface area contributed by atoms with Crippen LogP contribution in [0.3, 0.4) is 0 Å². The number of benzene rings is 1. The van der Waals surface area contributed by atoms with Gasteiger partial charge in [0.2, 0.25) is 0 Å². The van der Waals surface area contributed by atoms with Crippen LogP contribution in [-0.4, -0.2) is 24.2 Å². The molecule has 0 saturated carbocycles. The van der Waals surface area contributed by atoms with Gasteiger partial charge in [-0.05, 0) is 31.9 Å². The van der Waals surface area contributed by atoms with Gasteiger partial charge in [0.25, 0.3) is 0 Å². The molecule has 0 bridgehead atoms. The number of amidine groups is 1. The molecule has 0 aromatic heterocycles. The minimum atomic E-state index is -0.288. The molecular weight excluding hydrogens is 254 g/mol. The number of nitrogens with one attached hydrogen (secondary N) is 1. The van der Waals surface area contributed by atoms with Crippen LogP contribution < -0.4 is 15.8 Å². The van der Waals surface area contributed by atoms with E-state index in [2.05, 4.69) is 10.5 Å². The van der Waals surface area contributed by atoms with Crippen molar-refractivity contribution in [3.05, 3.63) is 24.3 Å². The van der Waals surface area contributed by atoms with Crippen molar-refractivity contribution in [2.75, 3.05) is 18.5 Å². The molecule has 1 aromatic rings. The van der Waals surface area contributed by atoms with E-state index in [1.165, 1.54) is 0 Å². The first-order valence-corrected chi connectivity index (χ1v) is 6.94. The largest absolute Gasteiger partial charge is 0.494 e. The molecule has 0 radical (unpaired) electrons. The van der Waals surface area contributed by atoms with Gasteiger partial charge in [-0.2, -0.15) is 0 Å². The highest BCUT2D eigenvalue weighted by molar-refractivity contribution is 5.85. The molecule has 0 aliphatic carbocycles. The van der Waals surface area contributed by atoms with E-state index >= 15 is 0 Å². The molecule has 5 nitrogen and oxygen atoms in total. The molecule has 0 aliphatic rings. The highest BCUT2D eigenvalue weighted by Crippen LogP contribution is 2.23. The lowest BCUT2D eigenvalue weighted by atomic mass is 9.86. The van der Waals surface area contributed by atoms with E-state index in [1.54, 1.807) is 0 Å². The minimum absolute atomic E-state index is 0.274. The number of nitrogens with two attached hydrogens (primary N) is 1. The molecular formula is C15H25N3O2. The highest BCUT2D eigenvalue weighted by Gasteiger charge is 2.22. The van der Waals surface area contributed by atoms with E-state index in [4.69, 9.17) is 15.7 Å². The average molecular weight is 279 g/mol. The standard InChI is InChI=1S/C15H25N3O2/c1-4-20-13-8-5-7-12(11-13)17-10-6-9-15(2,3)14(16)18-19/h5,7-8,11,17,19H,4,6,9-10H2,1-3H3,(H2,16,18). The van der Waals surface area contributed by atoms with Crippen molar-refractivity contribution in [3.8, 4) is 5.75 Å². The zero-order valence-corrected chi connectivity index (χ0v) is 12.5. The van der Waals surface area contributed by atoms with Crippen LogP contribution in [-0.2, 0) is 0 Å². The Bertz CT molecular complexity index is 444. The van der Waals surface area contributed by atoms with Crippen molar-refractivity contribution in [3.63, 3.8) is 0 Å². The first-order valence-electron chi connectivity index (χ1n) is 6.94. The molecule has 1 aromatic carbocycles. The maximum absolute atomic E-state index is 8.72. The van der Waals surface area contributed by atoms with Gasteiger partial charge < -0.3 is 21.0 Å². The van der Waals surface area contributed by atoms with Gasteiger partial charge in [-0.3, -0.25) is 0 Å². The van der Waals surface area contributed by atoms with Gasteiger partial charge in [-0.25, -0.2) is 0 Å². The molecule has 0 spiro atoms. The van der Waals surface area contributed by atoms with Gasteiger partial charge in [0, 0.05) is 23.7 Å². The van der Waals surface area contributed by atoms with E-state index in [0.717, 1.165) is 30.8 Å². The second kappa shape index (κ2) is 7.62. The smallest absolute Gasteiger partial charge is 0.144 e. The molecule has 20 heavy (non-hydrogen) atoms. The van der Waals surface area contributed by atoms with Gasteiger partial charge in [-0.1, -0.05) is 25.1 Å². The van der Waals surface area contributed by atoms with Gasteiger partial charge >= 0.3 is 0 Å². The lowest BCUT2D eigenvalue weighted by Crippen LogP contribution is -2.32. The van der Waals surface area contributed by atoms with Crippen molar-refractivity contribution >= 4 is 11.5 Å². The van der Waals surface area contributed by atoms with E-state index in [1.807, 2.05) is 45.0 Å². The number of oxime groups is 1. The fraction of sp³-hybridized carbons (Fsp3) is 0.533. The van der Waals surface area contributed by atoms with Crippen molar-refractivity contribution in [1.29, 1.82) is 0 Å². The number of hydrogen-bond acceptors (Lipinski definition) is 4. The fourth-order valence-electron chi connectivity index (χ4n) is 1.89. The van der Waals surface area contributed by atoms with Gasteiger partial charge in [-0.15, -0.1) is 0 Å². The summed E-state index contributed by atoms with van der Waals surface area (Å²) >= 11 is 0. The van der Waals surface area contributed by atoms with Crippen LogP contribution in [0.5, 0.6) is 5.75 Å². The SMILES string of the molecule is CCOc1cccc(NCCCC(C)(C)C(N)=NO)c1. The van der Waals surface area contributed by atoms with Crippen molar-refractivity contribution < 1.29 is 9.94 Å². The summed E-state index contributed by atoms with van der Waals surface area (Å²) in [5.41, 5.74) is 6.41. The molecule has 5 heteroatoms. The molecule has 0 fully saturated rings. The number of rotatable bonds is 8. The minimum Gasteiger partial charge on any atom is -0.494 e. The summed E-state index contributed by atoms with van der Waals surface area (Å²) in [5.74, 6) is 1.14. The molecule has 112 valence electrons. The topological polar surface area (TPSA) is 79.9 Å². The third-order valence-corrected chi connectivity index (χ3v) is 3.25. The molecule has 4 N–H and O–H groups in total. The first kappa shape index (κ1) is 16.1. The fourth-order valence-corrected chi connectivity index (χ4v) is 1.89. The number of ether oxygens (including phenoxy) is 1. The first-order chi connectivity index (χ1) is 9.49. The Balaban J connectivity index is 2.39. The van der Waals surface area contributed by atoms with Gasteiger partial charge in [0.05, 0.1) is 6.61 Å². The third-order valence-electron chi connectivity index (χ3n) is 3.25. The van der Waals surface area contributed by atoms with Crippen molar-refractivity contribution in [1.82, 2.24) is 0 Å². The Morgan fingerprint density at radius 2 is 2.20 bits per heavy atom. The summed E-state index contributed by atoms with van der Waals surface area (Å²) < 4.78 is 5.45. The van der Waals surface area contributed by atoms with Gasteiger partial charge in [0.1, 0.15) is 11.6 Å². The van der Waals surface area contributed by atoms with Crippen LogP contribution in [0.25, 0.3) is 0 Å². The lowest BCUT2D eigenvalue weighted by molar-refractivity contribution is 0.305. The van der Waals surface area contributed by atoms with Crippen LogP contribution in [0.1, 0.15) is 33.6 Å². The highest BCUT2D eigenvalue weighted by atomic mass is 16.5. The summed E-state index contributed by atoms with van der Waals surface area (Å²) in [5, 5.41) is 15.2. The Morgan fingerprint density at radius 3 is 2.85 bits per heavy atom. The zero-order valence-electron chi connectivity index (χ0n) is 12.5. The average Bonchev–Trinajstić information content (AvgIpc) is 2.43. The predicted molar refractivity (Wildman–Crippen MR) is 82.5 cm³/mol. The Kier molecular flexibility index (Phi) is 6.15. The van der Waals surface area contributed by atoms with E-state index in [9.17, 15) is 0 Å². The summed E-state index contributed by atoms with van der Waals surface area (Å²) in [4.78, 5) is 0. The maximum atomic E-state index is 8.72. The third kappa shape index (κ3) is 4.99. The van der Waals surface area contributed by atoms with Gasteiger partial charge in [0.15, 0.2) is 0 Å². The summed E-state index contributed by atoms with van der Waals surface area (Å²) in [6.45, 7) is 7.40.